The molecule has 15 heteroatoms. The molecule has 0 spiro atoms. The van der Waals surface area contributed by atoms with Gasteiger partial charge in [-0.2, -0.15) is 0 Å². The van der Waals surface area contributed by atoms with E-state index in [4.69, 9.17) is 4.42 Å². The quantitative estimate of drug-likeness (QED) is 0.102. The van der Waals surface area contributed by atoms with Gasteiger partial charge in [-0.15, -0.1) is 0 Å². The molecule has 0 saturated carbocycles. The zero-order chi connectivity index (χ0) is 24.2. The Hall–Kier alpha value is -1.84. The third-order valence-corrected chi connectivity index (χ3v) is 6.03. The minimum absolute atomic E-state index is 0. The molecule has 2 aromatic carbocycles. The molecular weight excluding hydrogens is 618 g/mol. The van der Waals surface area contributed by atoms with Gasteiger partial charge in [0.2, 0.25) is 11.3 Å². The van der Waals surface area contributed by atoms with Gasteiger partial charge in [-0.25, -0.2) is 0 Å². The first-order valence-electron chi connectivity index (χ1n) is 8.76. The monoisotopic (exact) mass is 622 g/mol. The van der Waals surface area contributed by atoms with Crippen molar-refractivity contribution in [3.05, 3.63) is 81.4 Å². The van der Waals surface area contributed by atoms with Gasteiger partial charge in [0, 0.05) is 26.5 Å². The molecule has 166 valence electrons. The van der Waals surface area contributed by atoms with Crippen LogP contribution in [0, 0.1) is 20.2 Å². The van der Waals surface area contributed by atoms with Crippen LogP contribution in [0.2, 0.25) is 0 Å². The second-order valence-corrected chi connectivity index (χ2v) is 8.36. The molecule has 0 fully saturated rings. The molecule has 0 saturated heterocycles. The summed E-state index contributed by atoms with van der Waals surface area (Å²) < 4.78 is 5.03. The summed E-state index contributed by atoms with van der Waals surface area (Å²) in [6.07, 6.45) is 0. The number of fused-ring (bicyclic) bond motifs is 2. The van der Waals surface area contributed by atoms with E-state index in [0.717, 1.165) is 0 Å². The largest absolute Gasteiger partial charge is 1.00 e. The molecule has 0 amide bonds. The molecule has 4 rings (SSSR count). The maximum Gasteiger partial charge on any atom is 1.00 e. The number of halogens is 2. The van der Waals surface area contributed by atoms with Crippen LogP contribution in [0.25, 0.3) is 33.4 Å². The van der Waals surface area contributed by atoms with Crippen LogP contribution in [0.4, 0.5) is 11.4 Å². The van der Waals surface area contributed by atoms with Crippen LogP contribution < -0.4 is 74.8 Å². The van der Waals surface area contributed by atoms with Crippen molar-refractivity contribution < 1.29 is 88.4 Å². The van der Waals surface area contributed by atoms with E-state index in [1.54, 1.807) is 0 Å². The Balaban J connectivity index is 0.00000216. The fourth-order valence-corrected chi connectivity index (χ4v) is 4.36. The van der Waals surface area contributed by atoms with Crippen LogP contribution in [0.1, 0.15) is 10.4 Å². The predicted octanol–water partition coefficient (Wildman–Crippen LogP) is -2.65. The molecular formula is C20H6Br2N2Na2O9. The molecule has 1 aliphatic heterocycles. The van der Waals surface area contributed by atoms with Crippen LogP contribution in [0.5, 0.6) is 5.75 Å². The van der Waals surface area contributed by atoms with Gasteiger partial charge >= 0.3 is 70.5 Å². The average molecular weight is 624 g/mol. The molecule has 0 unspecified atom stereocenters. The number of carboxylic acid groups (broad SMARTS) is 1. The number of nitrogens with zero attached hydrogens (tertiary/aromatic N) is 2. The van der Waals surface area contributed by atoms with Gasteiger partial charge < -0.3 is 19.4 Å². The van der Waals surface area contributed by atoms with E-state index in [0.29, 0.717) is 0 Å². The number of hydrogen-bond acceptors (Lipinski definition) is 9. The first-order valence-corrected chi connectivity index (χ1v) is 10.3. The van der Waals surface area contributed by atoms with Gasteiger partial charge in [-0.05, 0) is 39.4 Å². The summed E-state index contributed by atoms with van der Waals surface area (Å²) in [6, 6.07) is 7.81. The Morgan fingerprint density at radius 2 is 1.51 bits per heavy atom. The fourth-order valence-electron chi connectivity index (χ4n) is 3.53. The zero-order valence-electron chi connectivity index (χ0n) is 17.8. The van der Waals surface area contributed by atoms with E-state index < -0.39 is 49.7 Å². The normalized spacial score (nSPS) is 10.5. The topological polar surface area (TPSA) is 180 Å². The third-order valence-electron chi connectivity index (χ3n) is 4.85. The van der Waals surface area contributed by atoms with Crippen LogP contribution in [0.15, 0.2) is 54.6 Å². The summed E-state index contributed by atoms with van der Waals surface area (Å²) in [6.45, 7) is 0. The van der Waals surface area contributed by atoms with E-state index in [9.17, 15) is 40.0 Å². The Bertz CT molecular complexity index is 1570. The van der Waals surface area contributed by atoms with Gasteiger partial charge in [0.05, 0.1) is 20.3 Å². The van der Waals surface area contributed by atoms with Crippen molar-refractivity contribution in [1.29, 1.82) is 0 Å². The molecule has 1 heterocycles. The summed E-state index contributed by atoms with van der Waals surface area (Å²) in [5.41, 5.74) is -4.31. The second-order valence-electron chi connectivity index (χ2n) is 6.65. The maximum absolute atomic E-state index is 12.5. The van der Waals surface area contributed by atoms with Gasteiger partial charge in [-0.3, -0.25) is 25.0 Å². The number of nitro benzene ring substituents is 2. The fraction of sp³-hybridized carbons (Fsp3) is 0. The van der Waals surface area contributed by atoms with Crippen molar-refractivity contribution >= 4 is 60.2 Å². The molecule has 2 aromatic rings. The van der Waals surface area contributed by atoms with Crippen LogP contribution in [-0.4, -0.2) is 15.8 Å². The SMILES string of the molecule is O=C([O-])c1ccccc1-c1c2cc(Br)c(=O)c([N+](=O)[O-])c-2oc2c([N+](=O)[O-])c([O-])c(Br)cc12.[Na+].[Na+]. The summed E-state index contributed by atoms with van der Waals surface area (Å²) in [7, 11) is 0. The summed E-state index contributed by atoms with van der Waals surface area (Å²) in [5, 5.41) is 47.6. The van der Waals surface area contributed by atoms with Gasteiger partial charge in [0.25, 0.3) is 5.43 Å². The number of carboxylic acids is 1. The molecule has 1 aliphatic carbocycles. The summed E-state index contributed by atoms with van der Waals surface area (Å²) in [5.74, 6) is -3.32. The van der Waals surface area contributed by atoms with Gasteiger partial charge in [-0.1, -0.05) is 40.2 Å². The van der Waals surface area contributed by atoms with Gasteiger partial charge in [0.1, 0.15) is 0 Å². The molecule has 0 aromatic heterocycles. The second kappa shape index (κ2) is 11.0. The molecule has 2 aliphatic rings. The average Bonchev–Trinajstić information content (AvgIpc) is 2.74. The molecule has 0 bridgehead atoms. The van der Waals surface area contributed by atoms with Crippen LogP contribution >= 0.6 is 31.9 Å². The number of aromatic carboxylic acids is 1. The first kappa shape index (κ1) is 29.4. The Kier molecular flexibility index (Phi) is 9.28. The first-order chi connectivity index (χ1) is 15.5. The summed E-state index contributed by atoms with van der Waals surface area (Å²) >= 11 is 5.93. The minimum atomic E-state index is -1.59. The van der Waals surface area contributed by atoms with Gasteiger partial charge in [0.15, 0.2) is 0 Å². The number of carbonyl (C=O) groups excluding carboxylic acids is 1. The van der Waals surface area contributed by atoms with E-state index in [2.05, 4.69) is 31.9 Å². The van der Waals surface area contributed by atoms with E-state index in [1.165, 1.54) is 36.4 Å². The van der Waals surface area contributed by atoms with E-state index >= 15 is 0 Å². The Morgan fingerprint density at radius 1 is 0.914 bits per heavy atom. The van der Waals surface area contributed by atoms with Crippen molar-refractivity contribution in [2.24, 2.45) is 0 Å². The van der Waals surface area contributed by atoms with Crippen molar-refractivity contribution in [3.63, 3.8) is 0 Å². The van der Waals surface area contributed by atoms with E-state index in [1.807, 2.05) is 0 Å². The molecule has 11 nitrogen and oxygen atoms in total. The zero-order valence-corrected chi connectivity index (χ0v) is 25.0. The summed E-state index contributed by atoms with van der Waals surface area (Å²) in [4.78, 5) is 45.6. The van der Waals surface area contributed by atoms with Crippen LogP contribution in [-0.2, 0) is 0 Å². The number of carbonyl (C=O) groups is 1. The molecule has 0 atom stereocenters. The Labute approximate surface area is 255 Å². The van der Waals surface area contributed by atoms with Crippen molar-refractivity contribution in [2.75, 3.05) is 0 Å². The maximum atomic E-state index is 12.5. The number of hydrogen-bond donors (Lipinski definition) is 0. The molecule has 0 radical (unpaired) electrons. The van der Waals surface area contributed by atoms with Crippen molar-refractivity contribution in [1.82, 2.24) is 0 Å². The number of rotatable bonds is 4. The van der Waals surface area contributed by atoms with E-state index in [-0.39, 0.29) is 95.7 Å². The van der Waals surface area contributed by atoms with Crippen molar-refractivity contribution in [3.8, 4) is 28.2 Å². The number of benzene rings is 3. The minimum Gasteiger partial charge on any atom is -0.867 e. The van der Waals surface area contributed by atoms with Crippen LogP contribution in [0.3, 0.4) is 0 Å². The standard InChI is InChI=1S/C20H8Br2N2O9.2Na/c21-11-5-9-13(7-3-1-2-4-8(7)20(27)28)10-6-12(22)17(26)15(24(31)32)19(10)33-18(9)14(16(11)25)23(29)30;;/h1-6,25H,(H,27,28);;/q;2*+1/p-2. The third kappa shape index (κ3) is 4.91. The van der Waals surface area contributed by atoms with Crippen molar-refractivity contribution in [2.45, 2.75) is 0 Å². The Morgan fingerprint density at radius 3 is 2.09 bits per heavy atom. The number of nitro groups is 2. The predicted molar refractivity (Wildman–Crippen MR) is 117 cm³/mol. The molecule has 35 heavy (non-hydrogen) atoms. The smallest absolute Gasteiger partial charge is 0.867 e. The molecule has 0 N–H and O–H groups in total.